The number of hydrogen-bond donors (Lipinski definition) is 2. The number of anilines is 1. The summed E-state index contributed by atoms with van der Waals surface area (Å²) in [5.41, 5.74) is 1.45. The zero-order chi connectivity index (χ0) is 14.2. The predicted molar refractivity (Wildman–Crippen MR) is 78.3 cm³/mol. The molecule has 102 valence electrons. The van der Waals surface area contributed by atoms with Gasteiger partial charge in [0.1, 0.15) is 5.69 Å². The lowest BCUT2D eigenvalue weighted by atomic mass is 10.2. The second-order valence-electron chi connectivity index (χ2n) is 4.10. The SMILES string of the molecule is C=CCNC(=O)c1ccnc(NCc2ccccc2)n1. The molecule has 2 N–H and O–H groups in total. The van der Waals surface area contributed by atoms with Crippen molar-refractivity contribution in [2.75, 3.05) is 11.9 Å². The van der Waals surface area contributed by atoms with Gasteiger partial charge in [-0.15, -0.1) is 6.58 Å². The molecule has 0 atom stereocenters. The van der Waals surface area contributed by atoms with Crippen molar-refractivity contribution in [3.05, 3.63) is 66.5 Å². The number of carbonyl (C=O) groups is 1. The summed E-state index contributed by atoms with van der Waals surface area (Å²) in [5, 5.41) is 5.76. The Bertz CT molecular complexity index is 583. The highest BCUT2D eigenvalue weighted by molar-refractivity contribution is 5.92. The van der Waals surface area contributed by atoms with E-state index < -0.39 is 0 Å². The van der Waals surface area contributed by atoms with E-state index in [-0.39, 0.29) is 5.91 Å². The average molecular weight is 268 g/mol. The van der Waals surface area contributed by atoms with Gasteiger partial charge >= 0.3 is 0 Å². The highest BCUT2D eigenvalue weighted by atomic mass is 16.1. The Morgan fingerprint density at radius 3 is 2.80 bits per heavy atom. The Balaban J connectivity index is 1.99. The van der Waals surface area contributed by atoms with E-state index in [4.69, 9.17) is 0 Å². The molecule has 1 amide bonds. The summed E-state index contributed by atoms with van der Waals surface area (Å²) in [4.78, 5) is 20.0. The van der Waals surface area contributed by atoms with Crippen LogP contribution in [0.1, 0.15) is 16.1 Å². The Morgan fingerprint density at radius 1 is 1.25 bits per heavy atom. The molecule has 1 aromatic carbocycles. The maximum atomic E-state index is 11.8. The van der Waals surface area contributed by atoms with E-state index in [0.717, 1.165) is 5.56 Å². The average Bonchev–Trinajstić information content (AvgIpc) is 2.52. The molecule has 5 heteroatoms. The third-order valence-corrected chi connectivity index (χ3v) is 2.59. The quantitative estimate of drug-likeness (QED) is 0.786. The van der Waals surface area contributed by atoms with E-state index in [0.29, 0.717) is 24.7 Å². The Kier molecular flexibility index (Phi) is 4.83. The number of nitrogens with zero attached hydrogens (tertiary/aromatic N) is 2. The van der Waals surface area contributed by atoms with Crippen molar-refractivity contribution in [1.82, 2.24) is 15.3 Å². The zero-order valence-corrected chi connectivity index (χ0v) is 11.0. The van der Waals surface area contributed by atoms with Crippen molar-refractivity contribution in [1.29, 1.82) is 0 Å². The minimum atomic E-state index is -0.241. The van der Waals surface area contributed by atoms with E-state index in [1.54, 1.807) is 18.3 Å². The van der Waals surface area contributed by atoms with Crippen LogP contribution in [0.25, 0.3) is 0 Å². The molecule has 2 aromatic rings. The number of rotatable bonds is 6. The fourth-order valence-corrected chi connectivity index (χ4v) is 1.60. The van der Waals surface area contributed by atoms with E-state index in [1.165, 1.54) is 0 Å². The molecule has 1 aromatic heterocycles. The Morgan fingerprint density at radius 2 is 2.05 bits per heavy atom. The van der Waals surface area contributed by atoms with E-state index in [2.05, 4.69) is 27.2 Å². The van der Waals surface area contributed by atoms with Gasteiger partial charge in [0.05, 0.1) is 0 Å². The highest BCUT2D eigenvalue weighted by Gasteiger charge is 2.07. The number of benzene rings is 1. The molecule has 0 unspecified atom stereocenters. The van der Waals surface area contributed by atoms with Gasteiger partial charge in [0.2, 0.25) is 5.95 Å². The first-order chi connectivity index (χ1) is 9.79. The van der Waals surface area contributed by atoms with Gasteiger partial charge in [-0.1, -0.05) is 36.4 Å². The van der Waals surface area contributed by atoms with Crippen LogP contribution in [0.4, 0.5) is 5.95 Å². The van der Waals surface area contributed by atoms with Crippen LogP contribution in [0, 0.1) is 0 Å². The maximum absolute atomic E-state index is 11.8. The van der Waals surface area contributed by atoms with Gasteiger partial charge in [-0.3, -0.25) is 4.79 Å². The molecule has 0 spiro atoms. The van der Waals surface area contributed by atoms with Crippen LogP contribution < -0.4 is 10.6 Å². The molecule has 0 fully saturated rings. The molecule has 5 nitrogen and oxygen atoms in total. The second kappa shape index (κ2) is 7.04. The normalized spacial score (nSPS) is 9.80. The summed E-state index contributed by atoms with van der Waals surface area (Å²) < 4.78 is 0. The minimum Gasteiger partial charge on any atom is -0.350 e. The summed E-state index contributed by atoms with van der Waals surface area (Å²) in [6, 6.07) is 11.5. The topological polar surface area (TPSA) is 66.9 Å². The number of aromatic nitrogens is 2. The summed E-state index contributed by atoms with van der Waals surface area (Å²) in [6.07, 6.45) is 3.18. The van der Waals surface area contributed by atoms with Crippen LogP contribution in [0.3, 0.4) is 0 Å². The van der Waals surface area contributed by atoms with Crippen molar-refractivity contribution in [3.8, 4) is 0 Å². The minimum absolute atomic E-state index is 0.241. The fourth-order valence-electron chi connectivity index (χ4n) is 1.60. The number of nitrogens with one attached hydrogen (secondary N) is 2. The fraction of sp³-hybridized carbons (Fsp3) is 0.133. The van der Waals surface area contributed by atoms with Gasteiger partial charge in [-0.25, -0.2) is 9.97 Å². The molecule has 0 radical (unpaired) electrons. The molecule has 20 heavy (non-hydrogen) atoms. The standard InChI is InChI=1S/C15H16N4O/c1-2-9-16-14(20)13-8-10-17-15(19-13)18-11-12-6-4-3-5-7-12/h2-8,10H,1,9,11H2,(H,16,20)(H,17,18,19). The molecule has 1 heterocycles. The summed E-state index contributed by atoms with van der Waals surface area (Å²) in [7, 11) is 0. The van der Waals surface area contributed by atoms with Crippen LogP contribution in [-0.4, -0.2) is 22.4 Å². The molecule has 0 bridgehead atoms. The van der Waals surface area contributed by atoms with Gasteiger partial charge in [0, 0.05) is 19.3 Å². The van der Waals surface area contributed by atoms with E-state index in [1.807, 2.05) is 30.3 Å². The second-order valence-corrected chi connectivity index (χ2v) is 4.10. The smallest absolute Gasteiger partial charge is 0.270 e. The van der Waals surface area contributed by atoms with Gasteiger partial charge < -0.3 is 10.6 Å². The van der Waals surface area contributed by atoms with Gasteiger partial charge in [0.15, 0.2) is 0 Å². The van der Waals surface area contributed by atoms with E-state index in [9.17, 15) is 4.79 Å². The van der Waals surface area contributed by atoms with Gasteiger partial charge in [-0.05, 0) is 11.6 Å². The van der Waals surface area contributed by atoms with Crippen molar-refractivity contribution in [3.63, 3.8) is 0 Å². The maximum Gasteiger partial charge on any atom is 0.270 e. The summed E-state index contributed by atoms with van der Waals surface area (Å²) >= 11 is 0. The number of carbonyl (C=O) groups excluding carboxylic acids is 1. The van der Waals surface area contributed by atoms with Gasteiger partial charge in [-0.2, -0.15) is 0 Å². The number of hydrogen-bond acceptors (Lipinski definition) is 4. The molecule has 0 aliphatic carbocycles. The monoisotopic (exact) mass is 268 g/mol. The van der Waals surface area contributed by atoms with Crippen molar-refractivity contribution in [2.24, 2.45) is 0 Å². The summed E-state index contributed by atoms with van der Waals surface area (Å²) in [6.45, 7) is 4.57. The molecule has 0 aliphatic rings. The third kappa shape index (κ3) is 3.91. The molecular formula is C15H16N4O. The van der Waals surface area contributed by atoms with Crippen molar-refractivity contribution >= 4 is 11.9 Å². The van der Waals surface area contributed by atoms with Crippen molar-refractivity contribution < 1.29 is 4.79 Å². The largest absolute Gasteiger partial charge is 0.350 e. The summed E-state index contributed by atoms with van der Waals surface area (Å²) in [5.74, 6) is 0.190. The highest BCUT2D eigenvalue weighted by Crippen LogP contribution is 2.04. The molecule has 0 aliphatic heterocycles. The molecule has 0 saturated heterocycles. The first-order valence-corrected chi connectivity index (χ1v) is 6.29. The zero-order valence-electron chi connectivity index (χ0n) is 11.0. The third-order valence-electron chi connectivity index (χ3n) is 2.59. The predicted octanol–water partition coefficient (Wildman–Crippen LogP) is 2.00. The van der Waals surface area contributed by atoms with Crippen LogP contribution in [0.15, 0.2) is 55.3 Å². The lowest BCUT2D eigenvalue weighted by molar-refractivity contribution is 0.0953. The van der Waals surface area contributed by atoms with Crippen LogP contribution in [0.5, 0.6) is 0 Å². The van der Waals surface area contributed by atoms with Crippen LogP contribution in [0.2, 0.25) is 0 Å². The molecule has 0 saturated carbocycles. The van der Waals surface area contributed by atoms with E-state index >= 15 is 0 Å². The first kappa shape index (κ1) is 13.7. The molecular weight excluding hydrogens is 252 g/mol. The van der Waals surface area contributed by atoms with Crippen LogP contribution >= 0.6 is 0 Å². The number of amides is 1. The first-order valence-electron chi connectivity index (χ1n) is 6.29. The Labute approximate surface area is 117 Å². The lowest BCUT2D eigenvalue weighted by Gasteiger charge is -2.06. The van der Waals surface area contributed by atoms with Crippen LogP contribution in [-0.2, 0) is 6.54 Å². The van der Waals surface area contributed by atoms with Crippen molar-refractivity contribution in [2.45, 2.75) is 6.54 Å². The van der Waals surface area contributed by atoms with Gasteiger partial charge in [0.25, 0.3) is 5.91 Å². The Hall–Kier alpha value is -2.69. The molecule has 2 rings (SSSR count). The lowest BCUT2D eigenvalue weighted by Crippen LogP contribution is -2.24.